The number of rotatable bonds is 6. The van der Waals surface area contributed by atoms with Crippen molar-refractivity contribution in [3.05, 3.63) is 125 Å². The molecule has 1 aliphatic heterocycles. The van der Waals surface area contributed by atoms with Gasteiger partial charge in [-0.25, -0.2) is 4.79 Å². The summed E-state index contributed by atoms with van der Waals surface area (Å²) < 4.78 is 13.6. The van der Waals surface area contributed by atoms with Gasteiger partial charge in [0.05, 0.1) is 25.0 Å². The summed E-state index contributed by atoms with van der Waals surface area (Å²) in [6, 6.07) is 26.2. The summed E-state index contributed by atoms with van der Waals surface area (Å²) in [6.45, 7) is 4.33. The van der Waals surface area contributed by atoms with Gasteiger partial charge in [-0.15, -0.1) is 0 Å². The van der Waals surface area contributed by atoms with Gasteiger partial charge >= 0.3 is 5.97 Å². The van der Waals surface area contributed by atoms with Crippen molar-refractivity contribution in [3.63, 3.8) is 0 Å². The number of esters is 1. The van der Waals surface area contributed by atoms with E-state index < -0.39 is 11.9 Å². The average molecular weight is 753 g/mol. The summed E-state index contributed by atoms with van der Waals surface area (Å²) in [5.74, 6) is -0.277. The largest absolute Gasteiger partial charge is 0.487 e. The van der Waals surface area contributed by atoms with Gasteiger partial charge < -0.3 is 14.8 Å². The van der Waals surface area contributed by atoms with Crippen molar-refractivity contribution in [2.24, 2.45) is 0 Å². The number of carbonyl (C=O) groups excluding carboxylic acids is 2. The van der Waals surface area contributed by atoms with E-state index in [2.05, 4.69) is 80.8 Å². The molecule has 0 unspecified atom stereocenters. The highest BCUT2D eigenvalue weighted by atomic mass is 127. The van der Waals surface area contributed by atoms with Gasteiger partial charge in [0.25, 0.3) is 0 Å². The number of hydrogen-bond acceptors (Lipinski definition) is 5. The van der Waals surface area contributed by atoms with E-state index in [1.54, 1.807) is 6.92 Å². The molecule has 200 valence electrons. The second kappa shape index (κ2) is 11.0. The van der Waals surface area contributed by atoms with Crippen LogP contribution < -0.4 is 10.1 Å². The molecular weight excluding hydrogens is 728 g/mol. The van der Waals surface area contributed by atoms with E-state index in [-0.39, 0.29) is 12.4 Å². The lowest BCUT2D eigenvalue weighted by molar-refractivity contribution is -0.138. The Kier molecular flexibility index (Phi) is 7.43. The molecule has 0 bridgehead atoms. The van der Waals surface area contributed by atoms with E-state index in [4.69, 9.17) is 9.47 Å². The number of allylic oxidation sites excluding steroid dienone is 2. The summed E-state index contributed by atoms with van der Waals surface area (Å²) in [6.07, 6.45) is 0. The fourth-order valence-corrected chi connectivity index (χ4v) is 7.64. The highest BCUT2D eigenvalue weighted by molar-refractivity contribution is 14.1. The van der Waals surface area contributed by atoms with Gasteiger partial charge in [-0.2, -0.15) is 0 Å². The Labute approximate surface area is 259 Å². The molecule has 7 heteroatoms. The minimum atomic E-state index is -0.563. The van der Waals surface area contributed by atoms with Crippen molar-refractivity contribution in [2.45, 2.75) is 26.4 Å². The van der Waals surface area contributed by atoms with Gasteiger partial charge in [0.1, 0.15) is 12.4 Å². The van der Waals surface area contributed by atoms with Gasteiger partial charge in [-0.05, 0) is 99.1 Å². The molecule has 0 radical (unpaired) electrons. The minimum Gasteiger partial charge on any atom is -0.487 e. The van der Waals surface area contributed by atoms with Gasteiger partial charge in [0, 0.05) is 28.3 Å². The summed E-state index contributed by atoms with van der Waals surface area (Å²) in [5, 5.41) is 5.72. The molecule has 1 aliphatic carbocycles. The Bertz CT molecular complexity index is 1750. The number of dihydropyridines is 1. The third kappa shape index (κ3) is 4.72. The number of fused-ring (bicyclic) bond motifs is 3. The molecule has 1 atom stereocenters. The second-order valence-corrected chi connectivity index (χ2v) is 12.1. The Hall–Kier alpha value is -3.18. The van der Waals surface area contributed by atoms with Crippen molar-refractivity contribution in [1.82, 2.24) is 5.32 Å². The zero-order valence-electron chi connectivity index (χ0n) is 21.9. The molecule has 0 fully saturated rings. The smallest absolute Gasteiger partial charge is 0.336 e. The Morgan fingerprint density at radius 2 is 1.57 bits per heavy atom. The summed E-state index contributed by atoms with van der Waals surface area (Å²) in [7, 11) is 0. The fourth-order valence-electron chi connectivity index (χ4n) is 5.51. The molecular formula is C33H25I2NO4. The van der Waals surface area contributed by atoms with Crippen LogP contribution in [-0.2, 0) is 16.1 Å². The van der Waals surface area contributed by atoms with E-state index >= 15 is 0 Å². The van der Waals surface area contributed by atoms with Crippen LogP contribution in [0.2, 0.25) is 0 Å². The Morgan fingerprint density at radius 3 is 2.30 bits per heavy atom. The van der Waals surface area contributed by atoms with Crippen LogP contribution in [0.15, 0.2) is 95.7 Å². The summed E-state index contributed by atoms with van der Waals surface area (Å²) >= 11 is 4.56. The lowest BCUT2D eigenvalue weighted by Gasteiger charge is -2.29. The Morgan fingerprint density at radius 1 is 0.900 bits per heavy atom. The standard InChI is InChI=1S/C33H25I2NO4/c1-3-39-33(38)27-18(2)36-30-23-10-6-7-11-24(23)31(37)29(30)28(27)22-15-25(34)32(26(35)16-22)40-17-19-12-13-20-8-4-5-9-21(20)14-19/h4-16,28,36H,3,17H2,1-2H3/t28-/m0/s1. The van der Waals surface area contributed by atoms with Gasteiger partial charge in [-0.1, -0.05) is 60.7 Å². The molecule has 4 aromatic carbocycles. The fraction of sp³-hybridized carbons (Fsp3) is 0.152. The molecule has 5 nitrogen and oxygen atoms in total. The first-order valence-electron chi connectivity index (χ1n) is 13.0. The van der Waals surface area contributed by atoms with Crippen molar-refractivity contribution < 1.29 is 19.1 Å². The lowest BCUT2D eigenvalue weighted by atomic mass is 9.80. The molecule has 0 spiro atoms. The lowest BCUT2D eigenvalue weighted by Crippen LogP contribution is -2.29. The number of carbonyl (C=O) groups is 2. The third-order valence-corrected chi connectivity index (χ3v) is 8.90. The van der Waals surface area contributed by atoms with Crippen molar-refractivity contribution in [1.29, 1.82) is 0 Å². The number of Topliss-reactive ketones (excluding diaryl/α,β-unsaturated/α-hetero) is 1. The minimum absolute atomic E-state index is 0.0703. The normalized spacial score (nSPS) is 16.1. The molecule has 2 aliphatic rings. The molecule has 0 saturated heterocycles. The molecule has 0 amide bonds. The summed E-state index contributed by atoms with van der Waals surface area (Å²) in [5.41, 5.74) is 5.91. The highest BCUT2D eigenvalue weighted by Gasteiger charge is 2.43. The monoisotopic (exact) mass is 753 g/mol. The first-order valence-corrected chi connectivity index (χ1v) is 15.2. The zero-order valence-corrected chi connectivity index (χ0v) is 26.2. The molecule has 40 heavy (non-hydrogen) atoms. The van der Waals surface area contributed by atoms with E-state index in [1.165, 1.54) is 10.8 Å². The van der Waals surface area contributed by atoms with Crippen LogP contribution in [0.1, 0.15) is 46.8 Å². The van der Waals surface area contributed by atoms with Crippen LogP contribution in [0.25, 0.3) is 16.5 Å². The number of hydrogen-bond donors (Lipinski definition) is 1. The van der Waals surface area contributed by atoms with E-state index in [1.807, 2.05) is 55.5 Å². The maximum absolute atomic E-state index is 13.7. The van der Waals surface area contributed by atoms with Crippen LogP contribution in [0.3, 0.4) is 0 Å². The quantitative estimate of drug-likeness (QED) is 0.161. The van der Waals surface area contributed by atoms with Gasteiger partial charge in [-0.3, -0.25) is 4.79 Å². The summed E-state index contributed by atoms with van der Waals surface area (Å²) in [4.78, 5) is 27.0. The second-order valence-electron chi connectivity index (χ2n) is 9.76. The third-order valence-electron chi connectivity index (χ3n) is 7.30. The maximum atomic E-state index is 13.7. The number of halogens is 2. The van der Waals surface area contributed by atoms with Crippen molar-refractivity contribution in [2.75, 3.05) is 6.61 Å². The molecule has 0 saturated carbocycles. The average Bonchev–Trinajstić information content (AvgIpc) is 3.23. The number of ether oxygens (including phenoxy) is 2. The maximum Gasteiger partial charge on any atom is 0.336 e. The zero-order chi connectivity index (χ0) is 28.0. The van der Waals surface area contributed by atoms with E-state index in [9.17, 15) is 9.59 Å². The number of nitrogens with one attached hydrogen (secondary N) is 1. The van der Waals surface area contributed by atoms with Crippen LogP contribution in [0.4, 0.5) is 0 Å². The molecule has 6 rings (SSSR count). The molecule has 1 heterocycles. The van der Waals surface area contributed by atoms with Gasteiger partial charge in [0.2, 0.25) is 0 Å². The first-order chi connectivity index (χ1) is 19.4. The SMILES string of the molecule is CCOC(=O)C1=C(C)NC2=C(C(=O)c3ccccc32)[C@H]1c1cc(I)c(OCc2ccc3ccccc3c2)c(I)c1. The van der Waals surface area contributed by atoms with Crippen molar-refractivity contribution >= 4 is 73.4 Å². The van der Waals surface area contributed by atoms with Gasteiger partial charge in [0.15, 0.2) is 5.78 Å². The molecule has 1 N–H and O–H groups in total. The Balaban J connectivity index is 1.38. The predicted octanol–water partition coefficient (Wildman–Crippen LogP) is 7.76. The topological polar surface area (TPSA) is 64.6 Å². The van der Waals surface area contributed by atoms with Crippen LogP contribution in [0, 0.1) is 7.14 Å². The highest BCUT2D eigenvalue weighted by Crippen LogP contribution is 2.48. The van der Waals surface area contributed by atoms with Crippen LogP contribution in [0.5, 0.6) is 5.75 Å². The molecule has 4 aromatic rings. The number of ketones is 1. The predicted molar refractivity (Wildman–Crippen MR) is 173 cm³/mol. The number of benzene rings is 4. The van der Waals surface area contributed by atoms with E-state index in [0.29, 0.717) is 29.0 Å². The van der Waals surface area contributed by atoms with E-state index in [0.717, 1.165) is 35.3 Å². The van der Waals surface area contributed by atoms with Crippen molar-refractivity contribution in [3.8, 4) is 5.75 Å². The molecule has 0 aromatic heterocycles. The van der Waals surface area contributed by atoms with Crippen LogP contribution >= 0.6 is 45.2 Å². The van der Waals surface area contributed by atoms with Crippen LogP contribution in [-0.4, -0.2) is 18.4 Å². The first kappa shape index (κ1) is 27.0.